The first kappa shape index (κ1) is 17.2. The predicted octanol–water partition coefficient (Wildman–Crippen LogP) is 0.474. The number of nitro groups is 1. The van der Waals surface area contributed by atoms with E-state index in [9.17, 15) is 14.9 Å². The van der Waals surface area contributed by atoms with Crippen molar-refractivity contribution in [3.8, 4) is 11.5 Å². The normalized spacial score (nSPS) is 11.8. The van der Waals surface area contributed by atoms with Gasteiger partial charge in [0.1, 0.15) is 0 Å². The van der Waals surface area contributed by atoms with Crippen molar-refractivity contribution in [1.82, 2.24) is 5.32 Å². The zero-order chi connectivity index (χ0) is 16.0. The SMILES string of the molecule is COc1cc(CN[C@@H](C[SeH])C(=O)O)c([N+](=O)[O-])cc1OC. The van der Waals surface area contributed by atoms with Crippen LogP contribution < -0.4 is 14.8 Å². The number of methoxy groups -OCH3 is 2. The van der Waals surface area contributed by atoms with Crippen LogP contribution in [0.3, 0.4) is 0 Å². The summed E-state index contributed by atoms with van der Waals surface area (Å²) in [6.45, 7) is 0.0331. The molecule has 0 bridgehead atoms. The molecule has 21 heavy (non-hydrogen) atoms. The summed E-state index contributed by atoms with van der Waals surface area (Å²) in [6, 6.07) is 1.93. The molecule has 0 fully saturated rings. The van der Waals surface area contributed by atoms with E-state index in [2.05, 4.69) is 21.3 Å². The van der Waals surface area contributed by atoms with E-state index in [1.807, 2.05) is 0 Å². The third-order valence-electron chi connectivity index (χ3n) is 2.80. The van der Waals surface area contributed by atoms with E-state index >= 15 is 0 Å². The number of nitrogens with zero attached hydrogens (tertiary/aromatic N) is 1. The Bertz CT molecular complexity index is 537. The molecule has 0 aliphatic carbocycles. The Kier molecular flexibility index (Phi) is 6.41. The minimum atomic E-state index is -1.02. The Labute approximate surface area is 129 Å². The number of carboxylic acid groups (broad SMARTS) is 1. The standard InChI is InChI=1S/C12H16N2O6Se/c1-19-10-3-7(5-13-8(6-21)12(15)16)9(14(17)18)4-11(10)20-2/h3-4,8,13,21H,5-6H2,1-2H3,(H,15,16)/t8-/m0/s1. The van der Waals surface area contributed by atoms with Gasteiger partial charge in [-0.25, -0.2) is 0 Å². The van der Waals surface area contributed by atoms with Crippen LogP contribution in [-0.4, -0.2) is 52.3 Å². The fraction of sp³-hybridized carbons (Fsp3) is 0.417. The summed E-state index contributed by atoms with van der Waals surface area (Å²) in [5.41, 5.74) is 0.166. The van der Waals surface area contributed by atoms with E-state index in [-0.39, 0.29) is 18.0 Å². The molecule has 116 valence electrons. The molecule has 1 aromatic rings. The van der Waals surface area contributed by atoms with Gasteiger partial charge in [0.15, 0.2) is 0 Å². The topological polar surface area (TPSA) is 111 Å². The van der Waals surface area contributed by atoms with Crippen LogP contribution in [0.2, 0.25) is 5.32 Å². The van der Waals surface area contributed by atoms with E-state index in [1.54, 1.807) is 0 Å². The fourth-order valence-corrected chi connectivity index (χ4v) is 2.28. The third kappa shape index (κ3) is 4.32. The maximum atomic E-state index is 11.1. The first-order valence-electron chi connectivity index (χ1n) is 5.90. The van der Waals surface area contributed by atoms with Crippen molar-refractivity contribution < 1.29 is 24.3 Å². The van der Waals surface area contributed by atoms with E-state index in [0.717, 1.165) is 0 Å². The van der Waals surface area contributed by atoms with E-state index < -0.39 is 16.9 Å². The van der Waals surface area contributed by atoms with Crippen molar-refractivity contribution in [1.29, 1.82) is 0 Å². The Balaban J connectivity index is 3.09. The van der Waals surface area contributed by atoms with Gasteiger partial charge in [-0.2, -0.15) is 0 Å². The number of carboxylic acids is 1. The Hall–Kier alpha value is -1.83. The number of nitrogens with one attached hydrogen (secondary N) is 1. The Morgan fingerprint density at radius 1 is 1.43 bits per heavy atom. The van der Waals surface area contributed by atoms with Crippen LogP contribution in [0, 0.1) is 10.1 Å². The van der Waals surface area contributed by atoms with Crippen molar-refractivity contribution >= 4 is 27.7 Å². The van der Waals surface area contributed by atoms with Crippen LogP contribution in [-0.2, 0) is 11.3 Å². The van der Waals surface area contributed by atoms with Gasteiger partial charge in [0.25, 0.3) is 0 Å². The number of hydrogen-bond donors (Lipinski definition) is 2. The summed E-state index contributed by atoms with van der Waals surface area (Å²) in [4.78, 5) is 21.5. The molecule has 0 amide bonds. The molecule has 0 heterocycles. The molecular formula is C12H16N2O6Se. The first-order valence-corrected chi connectivity index (χ1v) is 7.23. The third-order valence-corrected chi connectivity index (χ3v) is 3.57. The van der Waals surface area contributed by atoms with Crippen molar-refractivity contribution in [2.24, 2.45) is 0 Å². The van der Waals surface area contributed by atoms with Crippen LogP contribution in [0.15, 0.2) is 12.1 Å². The second-order valence-electron chi connectivity index (χ2n) is 4.05. The summed E-state index contributed by atoms with van der Waals surface area (Å²) in [6.07, 6.45) is 0. The second kappa shape index (κ2) is 7.82. The zero-order valence-electron chi connectivity index (χ0n) is 11.5. The predicted molar refractivity (Wildman–Crippen MR) is 76.4 cm³/mol. The molecular weight excluding hydrogens is 347 g/mol. The summed E-state index contributed by atoms with van der Waals surface area (Å²) in [7, 11) is 2.80. The second-order valence-corrected chi connectivity index (χ2v) is 4.81. The van der Waals surface area contributed by atoms with Gasteiger partial charge >= 0.3 is 129 Å². The van der Waals surface area contributed by atoms with Gasteiger partial charge in [-0.1, -0.05) is 0 Å². The van der Waals surface area contributed by atoms with Gasteiger partial charge in [-0.05, 0) is 0 Å². The average Bonchev–Trinajstić information content (AvgIpc) is 2.46. The van der Waals surface area contributed by atoms with Crippen LogP contribution in [0.25, 0.3) is 0 Å². The molecule has 0 saturated heterocycles. The molecule has 9 heteroatoms. The van der Waals surface area contributed by atoms with Crippen LogP contribution in [0.4, 0.5) is 5.69 Å². The van der Waals surface area contributed by atoms with E-state index in [1.165, 1.54) is 26.4 Å². The summed E-state index contributed by atoms with van der Waals surface area (Å²) < 4.78 is 10.1. The van der Waals surface area contributed by atoms with Crippen molar-refractivity contribution in [2.45, 2.75) is 17.9 Å². The molecule has 0 radical (unpaired) electrons. The molecule has 1 rings (SSSR count). The molecule has 1 aromatic carbocycles. The van der Waals surface area contributed by atoms with Gasteiger partial charge < -0.3 is 0 Å². The molecule has 0 aromatic heterocycles. The summed E-state index contributed by atoms with van der Waals surface area (Å²) in [5.74, 6) is -0.423. The van der Waals surface area contributed by atoms with Crippen LogP contribution >= 0.6 is 0 Å². The number of hydrogen-bond acceptors (Lipinski definition) is 6. The molecule has 0 spiro atoms. The number of rotatable bonds is 8. The Morgan fingerprint density at radius 3 is 2.43 bits per heavy atom. The number of benzene rings is 1. The fourth-order valence-electron chi connectivity index (χ4n) is 1.69. The van der Waals surface area contributed by atoms with Crippen molar-refractivity contribution in [3.05, 3.63) is 27.8 Å². The summed E-state index contributed by atoms with van der Waals surface area (Å²) in [5, 5.41) is 23.1. The number of aliphatic carboxylic acids is 1. The Morgan fingerprint density at radius 2 is 2.00 bits per heavy atom. The zero-order valence-corrected chi connectivity index (χ0v) is 13.4. The number of carbonyl (C=O) groups is 1. The van der Waals surface area contributed by atoms with Gasteiger partial charge in [0.2, 0.25) is 0 Å². The van der Waals surface area contributed by atoms with Crippen molar-refractivity contribution in [3.63, 3.8) is 0 Å². The van der Waals surface area contributed by atoms with Crippen LogP contribution in [0.1, 0.15) is 5.56 Å². The van der Waals surface area contributed by atoms with E-state index in [4.69, 9.17) is 14.6 Å². The van der Waals surface area contributed by atoms with Gasteiger partial charge in [0, 0.05) is 0 Å². The monoisotopic (exact) mass is 364 g/mol. The minimum absolute atomic E-state index is 0.0331. The van der Waals surface area contributed by atoms with Crippen LogP contribution in [0.5, 0.6) is 11.5 Å². The molecule has 0 saturated carbocycles. The molecule has 2 N–H and O–H groups in total. The van der Waals surface area contributed by atoms with Crippen molar-refractivity contribution in [2.75, 3.05) is 14.2 Å². The molecule has 1 atom stereocenters. The van der Waals surface area contributed by atoms with E-state index in [0.29, 0.717) is 16.6 Å². The number of ether oxygens (including phenoxy) is 2. The number of nitro benzene ring substituents is 1. The molecule has 0 unspecified atom stereocenters. The molecule has 0 aliphatic rings. The average molecular weight is 363 g/mol. The molecule has 0 aliphatic heterocycles. The first-order chi connectivity index (χ1) is 9.94. The summed E-state index contributed by atoms with van der Waals surface area (Å²) >= 11 is 2.17. The van der Waals surface area contributed by atoms with Gasteiger partial charge in [-0.15, -0.1) is 0 Å². The quantitative estimate of drug-likeness (QED) is 0.392. The van der Waals surface area contributed by atoms with Gasteiger partial charge in [-0.3, -0.25) is 0 Å². The molecule has 8 nitrogen and oxygen atoms in total. The van der Waals surface area contributed by atoms with Gasteiger partial charge in [0.05, 0.1) is 0 Å². The maximum absolute atomic E-state index is 11.1.